The number of benzene rings is 1. The number of hydrogen-bond acceptors (Lipinski definition) is 3. The van der Waals surface area contributed by atoms with Crippen LogP contribution < -0.4 is 9.46 Å². The average Bonchev–Trinajstić information content (AvgIpc) is 2.28. The monoisotopic (exact) mass is 255 g/mol. The van der Waals surface area contributed by atoms with E-state index in [1.165, 1.54) is 19.2 Å². The standard InChI is InChI=1S/C12H17NO3S/c1-5-10-8-11(17(14,15)13-4)6-7-12(10)16-9(2)3/h5-9,13H,1H2,2-4H3. The van der Waals surface area contributed by atoms with Gasteiger partial charge in [0.25, 0.3) is 0 Å². The van der Waals surface area contributed by atoms with Crippen molar-refractivity contribution in [2.24, 2.45) is 0 Å². The van der Waals surface area contributed by atoms with Crippen LogP contribution in [0.25, 0.3) is 6.08 Å². The lowest BCUT2D eigenvalue weighted by Gasteiger charge is -2.13. The second-order valence-corrected chi connectivity index (χ2v) is 5.66. The number of sulfonamides is 1. The lowest BCUT2D eigenvalue weighted by atomic mass is 10.2. The van der Waals surface area contributed by atoms with E-state index in [4.69, 9.17) is 4.74 Å². The highest BCUT2D eigenvalue weighted by Gasteiger charge is 2.13. The first kappa shape index (κ1) is 13.7. The summed E-state index contributed by atoms with van der Waals surface area (Å²) in [6.45, 7) is 7.47. The van der Waals surface area contributed by atoms with Gasteiger partial charge in [-0.15, -0.1) is 0 Å². The minimum Gasteiger partial charge on any atom is -0.490 e. The molecule has 0 fully saturated rings. The minimum absolute atomic E-state index is 0.0282. The average molecular weight is 255 g/mol. The van der Waals surface area contributed by atoms with Crippen LogP contribution in [0.5, 0.6) is 5.75 Å². The molecule has 0 amide bonds. The molecule has 0 heterocycles. The molecule has 0 aliphatic carbocycles. The Morgan fingerprint density at radius 1 is 1.41 bits per heavy atom. The predicted molar refractivity (Wildman–Crippen MR) is 68.5 cm³/mol. The second-order valence-electron chi connectivity index (χ2n) is 3.78. The van der Waals surface area contributed by atoms with Gasteiger partial charge in [-0.05, 0) is 39.1 Å². The molecule has 0 saturated carbocycles. The Morgan fingerprint density at radius 2 is 2.06 bits per heavy atom. The van der Waals surface area contributed by atoms with Gasteiger partial charge in [-0.25, -0.2) is 13.1 Å². The fraction of sp³-hybridized carbons (Fsp3) is 0.333. The van der Waals surface area contributed by atoms with Crippen LogP contribution in [0.3, 0.4) is 0 Å². The zero-order valence-corrected chi connectivity index (χ0v) is 11.0. The molecule has 0 atom stereocenters. The highest BCUT2D eigenvalue weighted by Crippen LogP contribution is 2.24. The van der Waals surface area contributed by atoms with E-state index in [1.54, 1.807) is 12.1 Å². The van der Waals surface area contributed by atoms with Crippen molar-refractivity contribution in [3.8, 4) is 5.75 Å². The van der Waals surface area contributed by atoms with Gasteiger partial charge >= 0.3 is 0 Å². The van der Waals surface area contributed by atoms with Gasteiger partial charge in [0, 0.05) is 5.56 Å². The van der Waals surface area contributed by atoms with Gasteiger partial charge in [-0.1, -0.05) is 12.7 Å². The van der Waals surface area contributed by atoms with Crippen LogP contribution in [-0.2, 0) is 10.0 Å². The molecule has 0 radical (unpaired) electrons. The molecule has 0 spiro atoms. The van der Waals surface area contributed by atoms with E-state index in [0.29, 0.717) is 11.3 Å². The van der Waals surface area contributed by atoms with Crippen LogP contribution >= 0.6 is 0 Å². The van der Waals surface area contributed by atoms with Crippen LogP contribution in [0.15, 0.2) is 29.7 Å². The fourth-order valence-electron chi connectivity index (χ4n) is 1.33. The summed E-state index contributed by atoms with van der Waals surface area (Å²) >= 11 is 0. The molecule has 1 N–H and O–H groups in total. The second kappa shape index (κ2) is 5.33. The SMILES string of the molecule is C=Cc1cc(S(=O)(=O)NC)ccc1OC(C)C. The maximum absolute atomic E-state index is 11.6. The van der Waals surface area contributed by atoms with Gasteiger partial charge in [0.15, 0.2) is 0 Å². The highest BCUT2D eigenvalue weighted by molar-refractivity contribution is 7.89. The van der Waals surface area contributed by atoms with Gasteiger partial charge in [-0.3, -0.25) is 0 Å². The van der Waals surface area contributed by atoms with Crippen molar-refractivity contribution in [3.63, 3.8) is 0 Å². The van der Waals surface area contributed by atoms with Gasteiger partial charge in [0.1, 0.15) is 5.75 Å². The van der Waals surface area contributed by atoms with E-state index in [2.05, 4.69) is 11.3 Å². The van der Waals surface area contributed by atoms with E-state index in [-0.39, 0.29) is 11.0 Å². The summed E-state index contributed by atoms with van der Waals surface area (Å²) in [6, 6.07) is 4.69. The normalized spacial score (nSPS) is 11.5. The summed E-state index contributed by atoms with van der Waals surface area (Å²) in [7, 11) is -2.05. The van der Waals surface area contributed by atoms with Crippen LogP contribution in [0.2, 0.25) is 0 Å². The molecule has 0 aliphatic rings. The topological polar surface area (TPSA) is 55.4 Å². The molecule has 0 bridgehead atoms. The first-order valence-electron chi connectivity index (χ1n) is 5.27. The summed E-state index contributed by atoms with van der Waals surface area (Å²) < 4.78 is 31.1. The molecule has 0 unspecified atom stereocenters. The first-order chi connectivity index (χ1) is 7.90. The van der Waals surface area contributed by atoms with Crippen molar-refractivity contribution in [1.29, 1.82) is 0 Å². The number of hydrogen-bond donors (Lipinski definition) is 1. The van der Waals surface area contributed by atoms with E-state index >= 15 is 0 Å². The lowest BCUT2D eigenvalue weighted by Crippen LogP contribution is -2.18. The molecule has 5 heteroatoms. The Morgan fingerprint density at radius 3 is 2.53 bits per heavy atom. The van der Waals surface area contributed by atoms with Gasteiger partial charge in [-0.2, -0.15) is 0 Å². The van der Waals surface area contributed by atoms with Crippen LogP contribution in [0.4, 0.5) is 0 Å². The summed E-state index contributed by atoms with van der Waals surface area (Å²) in [5, 5.41) is 0. The van der Waals surface area contributed by atoms with E-state index in [1.807, 2.05) is 13.8 Å². The molecular formula is C12H17NO3S. The quantitative estimate of drug-likeness (QED) is 0.875. The molecule has 94 valence electrons. The summed E-state index contributed by atoms with van der Waals surface area (Å²) in [5.74, 6) is 0.630. The summed E-state index contributed by atoms with van der Waals surface area (Å²) in [5.41, 5.74) is 0.662. The minimum atomic E-state index is -3.43. The zero-order chi connectivity index (χ0) is 13.1. The van der Waals surface area contributed by atoms with E-state index < -0.39 is 10.0 Å². The highest BCUT2D eigenvalue weighted by atomic mass is 32.2. The third-order valence-electron chi connectivity index (χ3n) is 2.14. The first-order valence-corrected chi connectivity index (χ1v) is 6.75. The summed E-state index contributed by atoms with van der Waals surface area (Å²) in [4.78, 5) is 0.200. The number of nitrogens with one attached hydrogen (secondary N) is 1. The van der Waals surface area contributed by atoms with Crippen molar-refractivity contribution in [2.45, 2.75) is 24.8 Å². The van der Waals surface area contributed by atoms with E-state index in [9.17, 15) is 8.42 Å². The molecule has 1 aromatic rings. The van der Waals surface area contributed by atoms with Gasteiger partial charge < -0.3 is 4.74 Å². The molecule has 1 rings (SSSR count). The molecule has 4 nitrogen and oxygen atoms in total. The van der Waals surface area contributed by atoms with Crippen molar-refractivity contribution in [3.05, 3.63) is 30.3 Å². The molecule has 0 saturated heterocycles. The molecule has 0 aromatic heterocycles. The molecule has 17 heavy (non-hydrogen) atoms. The van der Waals surface area contributed by atoms with Crippen LogP contribution in [-0.4, -0.2) is 21.6 Å². The Hall–Kier alpha value is -1.33. The molecule has 1 aromatic carbocycles. The van der Waals surface area contributed by atoms with Gasteiger partial charge in [0.2, 0.25) is 10.0 Å². The number of ether oxygens (including phenoxy) is 1. The zero-order valence-electron chi connectivity index (χ0n) is 10.2. The Balaban J connectivity index is 3.22. The van der Waals surface area contributed by atoms with Crippen molar-refractivity contribution >= 4 is 16.1 Å². The van der Waals surface area contributed by atoms with Crippen molar-refractivity contribution in [2.75, 3.05) is 7.05 Å². The van der Waals surface area contributed by atoms with Crippen molar-refractivity contribution < 1.29 is 13.2 Å². The Kier molecular flexibility index (Phi) is 4.31. The largest absolute Gasteiger partial charge is 0.490 e. The van der Waals surface area contributed by atoms with E-state index in [0.717, 1.165) is 0 Å². The molecular weight excluding hydrogens is 238 g/mol. The molecule has 0 aliphatic heterocycles. The Bertz CT molecular complexity index is 506. The Labute approximate surface area is 102 Å². The maximum atomic E-state index is 11.6. The fourth-order valence-corrected chi connectivity index (χ4v) is 2.10. The van der Waals surface area contributed by atoms with Crippen molar-refractivity contribution in [1.82, 2.24) is 4.72 Å². The third kappa shape index (κ3) is 3.31. The maximum Gasteiger partial charge on any atom is 0.240 e. The predicted octanol–water partition coefficient (Wildman–Crippen LogP) is 2.02. The number of rotatable bonds is 5. The van der Waals surface area contributed by atoms with Crippen LogP contribution in [0.1, 0.15) is 19.4 Å². The lowest BCUT2D eigenvalue weighted by molar-refractivity contribution is 0.242. The third-order valence-corrected chi connectivity index (χ3v) is 3.55. The summed E-state index contributed by atoms with van der Waals surface area (Å²) in [6.07, 6.45) is 1.60. The smallest absolute Gasteiger partial charge is 0.240 e. The van der Waals surface area contributed by atoms with Crippen LogP contribution in [0, 0.1) is 0 Å². The van der Waals surface area contributed by atoms with Gasteiger partial charge in [0.05, 0.1) is 11.0 Å².